The van der Waals surface area contributed by atoms with E-state index in [1.165, 1.54) is 43.5 Å². The standard InChI is InChI=1S/C23H34FN3S/c1-23(2,24)19-8-9-21(25-16-19)26-10-12-27(13-11-26)22(28)15-18-14-20(18)17-6-4-3-5-7-17/h8-9,16-18,20H,3-7,10-15H2,1-2H3. The zero-order chi connectivity index (χ0) is 19.7. The first-order valence-corrected chi connectivity index (χ1v) is 11.5. The van der Waals surface area contributed by atoms with Gasteiger partial charge in [-0.15, -0.1) is 0 Å². The minimum absolute atomic E-state index is 0.632. The lowest BCUT2D eigenvalue weighted by Crippen LogP contribution is -2.48. The molecule has 0 bridgehead atoms. The van der Waals surface area contributed by atoms with Gasteiger partial charge in [-0.1, -0.05) is 50.4 Å². The van der Waals surface area contributed by atoms with Crippen LogP contribution in [0.4, 0.5) is 10.2 Å². The molecule has 1 aliphatic heterocycles. The van der Waals surface area contributed by atoms with Gasteiger partial charge in [-0.3, -0.25) is 0 Å². The maximum Gasteiger partial charge on any atom is 0.131 e. The van der Waals surface area contributed by atoms with E-state index in [0.717, 1.165) is 56.2 Å². The Hall–Kier alpha value is -1.23. The third-order valence-corrected chi connectivity index (χ3v) is 7.48. The van der Waals surface area contributed by atoms with Crippen molar-refractivity contribution in [3.8, 4) is 0 Å². The number of nitrogens with zero attached hydrogens (tertiary/aromatic N) is 3. The first-order chi connectivity index (χ1) is 13.4. The third-order valence-electron chi connectivity index (χ3n) is 7.06. The van der Waals surface area contributed by atoms with Gasteiger partial charge in [0.2, 0.25) is 0 Å². The molecule has 5 heteroatoms. The Morgan fingerprint density at radius 1 is 1.14 bits per heavy atom. The third kappa shape index (κ3) is 4.67. The quantitative estimate of drug-likeness (QED) is 0.618. The molecule has 3 fully saturated rings. The Bertz CT molecular complexity index is 670. The van der Waals surface area contributed by atoms with Crippen LogP contribution in [0.25, 0.3) is 0 Å². The fraction of sp³-hybridized carbons (Fsp3) is 0.739. The van der Waals surface area contributed by atoms with E-state index in [1.54, 1.807) is 20.0 Å². The van der Waals surface area contributed by atoms with Crippen LogP contribution in [0.1, 0.15) is 64.4 Å². The molecule has 0 radical (unpaired) electrons. The molecule has 0 amide bonds. The highest BCUT2D eigenvalue weighted by Gasteiger charge is 2.43. The van der Waals surface area contributed by atoms with Crippen molar-refractivity contribution in [3.63, 3.8) is 0 Å². The van der Waals surface area contributed by atoms with Crippen molar-refractivity contribution >= 4 is 23.0 Å². The average Bonchev–Trinajstić information content (AvgIpc) is 3.47. The largest absolute Gasteiger partial charge is 0.363 e. The van der Waals surface area contributed by atoms with E-state index >= 15 is 0 Å². The summed E-state index contributed by atoms with van der Waals surface area (Å²) in [6.45, 7) is 6.95. The summed E-state index contributed by atoms with van der Waals surface area (Å²) in [5.74, 6) is 3.74. The van der Waals surface area contributed by atoms with Gasteiger partial charge in [-0.25, -0.2) is 9.37 Å². The van der Waals surface area contributed by atoms with E-state index in [1.807, 2.05) is 12.1 Å². The molecule has 0 aromatic carbocycles. The van der Waals surface area contributed by atoms with Crippen molar-refractivity contribution < 1.29 is 4.39 Å². The Morgan fingerprint density at radius 2 is 1.86 bits per heavy atom. The van der Waals surface area contributed by atoms with E-state index in [-0.39, 0.29) is 0 Å². The predicted octanol–water partition coefficient (Wildman–Crippen LogP) is 5.34. The Morgan fingerprint density at radius 3 is 2.46 bits per heavy atom. The number of pyridine rings is 1. The van der Waals surface area contributed by atoms with Crippen LogP contribution < -0.4 is 4.90 Å². The van der Waals surface area contributed by atoms with E-state index in [2.05, 4.69) is 14.8 Å². The van der Waals surface area contributed by atoms with Gasteiger partial charge in [0.05, 0.1) is 4.99 Å². The highest BCUT2D eigenvalue weighted by Crippen LogP contribution is 2.51. The normalized spacial score (nSPS) is 26.4. The van der Waals surface area contributed by atoms with E-state index in [0.29, 0.717) is 5.56 Å². The van der Waals surface area contributed by atoms with Crippen LogP contribution in [0.3, 0.4) is 0 Å². The molecule has 2 heterocycles. The number of piperazine rings is 1. The first kappa shape index (κ1) is 20.1. The van der Waals surface area contributed by atoms with Crippen LogP contribution >= 0.6 is 12.2 Å². The SMILES string of the molecule is CC(C)(F)c1ccc(N2CCN(C(=S)CC3CC3C3CCCCC3)CC2)nc1. The molecule has 28 heavy (non-hydrogen) atoms. The van der Waals surface area contributed by atoms with E-state index in [9.17, 15) is 4.39 Å². The summed E-state index contributed by atoms with van der Waals surface area (Å²) in [6, 6.07) is 3.81. The number of alkyl halides is 1. The summed E-state index contributed by atoms with van der Waals surface area (Å²) in [5, 5.41) is 0. The summed E-state index contributed by atoms with van der Waals surface area (Å²) in [6.07, 6.45) is 11.4. The van der Waals surface area contributed by atoms with Crippen LogP contribution in [0, 0.1) is 17.8 Å². The van der Waals surface area contributed by atoms with Crippen molar-refractivity contribution in [1.82, 2.24) is 9.88 Å². The maximum atomic E-state index is 14.0. The second kappa shape index (κ2) is 8.25. The number of aromatic nitrogens is 1. The molecule has 2 saturated carbocycles. The van der Waals surface area contributed by atoms with E-state index < -0.39 is 5.67 Å². The topological polar surface area (TPSA) is 19.4 Å². The minimum atomic E-state index is -1.34. The lowest BCUT2D eigenvalue weighted by molar-refractivity contribution is 0.221. The second-order valence-corrected chi connectivity index (χ2v) is 9.98. The number of hydrogen-bond acceptors (Lipinski definition) is 3. The smallest absolute Gasteiger partial charge is 0.131 e. The van der Waals surface area contributed by atoms with Gasteiger partial charge in [0.15, 0.2) is 0 Å². The van der Waals surface area contributed by atoms with Crippen LogP contribution in [-0.2, 0) is 5.67 Å². The van der Waals surface area contributed by atoms with Gasteiger partial charge >= 0.3 is 0 Å². The molecule has 1 aromatic rings. The summed E-state index contributed by atoms with van der Waals surface area (Å²) in [5.41, 5.74) is -0.706. The zero-order valence-electron chi connectivity index (χ0n) is 17.4. The van der Waals surface area contributed by atoms with Crippen LogP contribution in [0.15, 0.2) is 18.3 Å². The second-order valence-electron chi connectivity index (χ2n) is 9.51. The molecule has 3 aliphatic rings. The minimum Gasteiger partial charge on any atom is -0.363 e. The molecule has 2 unspecified atom stereocenters. The van der Waals surface area contributed by atoms with Crippen LogP contribution in [0.2, 0.25) is 0 Å². The van der Waals surface area contributed by atoms with Gasteiger partial charge in [0.25, 0.3) is 0 Å². The molecular weight excluding hydrogens is 369 g/mol. The van der Waals surface area contributed by atoms with Gasteiger partial charge in [0.1, 0.15) is 11.5 Å². The molecule has 2 aliphatic carbocycles. The van der Waals surface area contributed by atoms with Crippen molar-refractivity contribution in [1.29, 1.82) is 0 Å². The van der Waals surface area contributed by atoms with Crippen molar-refractivity contribution in [3.05, 3.63) is 23.9 Å². The van der Waals surface area contributed by atoms with Crippen molar-refractivity contribution in [2.24, 2.45) is 17.8 Å². The molecule has 154 valence electrons. The number of thiocarbonyl (C=S) groups is 1. The first-order valence-electron chi connectivity index (χ1n) is 11.1. The summed E-state index contributed by atoms with van der Waals surface area (Å²) < 4.78 is 14.0. The molecule has 3 nitrogen and oxygen atoms in total. The molecule has 2 atom stereocenters. The highest BCUT2D eigenvalue weighted by atomic mass is 32.1. The highest BCUT2D eigenvalue weighted by molar-refractivity contribution is 7.80. The molecule has 1 aromatic heterocycles. The van der Waals surface area contributed by atoms with Crippen LogP contribution in [-0.4, -0.2) is 41.1 Å². The molecule has 0 spiro atoms. The fourth-order valence-corrected chi connectivity index (χ4v) is 5.51. The van der Waals surface area contributed by atoms with Gasteiger partial charge in [-0.05, 0) is 44.1 Å². The Kier molecular flexibility index (Phi) is 5.91. The lowest BCUT2D eigenvalue weighted by atomic mass is 9.85. The summed E-state index contributed by atoms with van der Waals surface area (Å²) in [4.78, 5) is 10.4. The van der Waals surface area contributed by atoms with Crippen molar-refractivity contribution in [2.45, 2.75) is 64.5 Å². The van der Waals surface area contributed by atoms with Crippen molar-refractivity contribution in [2.75, 3.05) is 31.1 Å². The summed E-state index contributed by atoms with van der Waals surface area (Å²) in [7, 11) is 0. The van der Waals surface area contributed by atoms with Gasteiger partial charge in [0, 0.05) is 44.4 Å². The molecule has 0 N–H and O–H groups in total. The number of anilines is 1. The lowest BCUT2D eigenvalue weighted by Gasteiger charge is -2.37. The molecular formula is C23H34FN3S. The number of hydrogen-bond donors (Lipinski definition) is 0. The predicted molar refractivity (Wildman–Crippen MR) is 118 cm³/mol. The number of rotatable bonds is 5. The monoisotopic (exact) mass is 403 g/mol. The zero-order valence-corrected chi connectivity index (χ0v) is 18.2. The van der Waals surface area contributed by atoms with E-state index in [4.69, 9.17) is 12.2 Å². The fourth-order valence-electron chi connectivity index (χ4n) is 5.11. The number of halogens is 1. The Balaban J connectivity index is 1.23. The molecule has 1 saturated heterocycles. The average molecular weight is 404 g/mol. The Labute approximate surface area is 174 Å². The maximum absolute atomic E-state index is 14.0. The molecule has 4 rings (SSSR count). The summed E-state index contributed by atoms with van der Waals surface area (Å²) >= 11 is 5.81. The van der Waals surface area contributed by atoms with Crippen LogP contribution in [0.5, 0.6) is 0 Å². The van der Waals surface area contributed by atoms with Gasteiger partial charge < -0.3 is 9.80 Å². The van der Waals surface area contributed by atoms with Gasteiger partial charge in [-0.2, -0.15) is 0 Å².